The van der Waals surface area contributed by atoms with E-state index in [9.17, 15) is 0 Å². The van der Waals surface area contributed by atoms with Crippen LogP contribution in [0.2, 0.25) is 0 Å². The third kappa shape index (κ3) is 3.42. The lowest BCUT2D eigenvalue weighted by atomic mass is 10.1. The van der Waals surface area contributed by atoms with Crippen LogP contribution in [0.5, 0.6) is 5.75 Å². The molecule has 0 aliphatic carbocycles. The minimum Gasteiger partial charge on any atom is -0.497 e. The summed E-state index contributed by atoms with van der Waals surface area (Å²) in [4.78, 5) is 8.54. The lowest BCUT2D eigenvalue weighted by Gasteiger charge is -2.04. The predicted octanol–water partition coefficient (Wildman–Crippen LogP) is 2.08. The third-order valence-corrected chi connectivity index (χ3v) is 2.48. The first-order valence-electron chi connectivity index (χ1n) is 5.49. The van der Waals surface area contributed by atoms with Crippen molar-refractivity contribution in [3.63, 3.8) is 0 Å². The van der Waals surface area contributed by atoms with E-state index in [0.29, 0.717) is 13.0 Å². The van der Waals surface area contributed by atoms with Crippen molar-refractivity contribution in [1.82, 2.24) is 9.97 Å². The van der Waals surface area contributed by atoms with Crippen LogP contribution in [0.4, 0.5) is 0 Å². The maximum Gasteiger partial charge on any atom is 0.129 e. The number of ether oxygens (including phenoxy) is 1. The van der Waals surface area contributed by atoms with Gasteiger partial charge in [0.25, 0.3) is 0 Å². The van der Waals surface area contributed by atoms with Gasteiger partial charge >= 0.3 is 0 Å². The second kappa shape index (κ2) is 6.93. The van der Waals surface area contributed by atoms with Crippen molar-refractivity contribution in [2.24, 2.45) is 5.73 Å². The molecule has 96 valence electrons. The summed E-state index contributed by atoms with van der Waals surface area (Å²) in [6, 6.07) is 7.82. The highest BCUT2D eigenvalue weighted by molar-refractivity contribution is 5.85. The first-order valence-corrected chi connectivity index (χ1v) is 5.49. The molecule has 0 aliphatic heterocycles. The molecule has 0 saturated carbocycles. The summed E-state index contributed by atoms with van der Waals surface area (Å²) in [7, 11) is 1.65. The smallest absolute Gasteiger partial charge is 0.129 e. The number of benzene rings is 1. The molecule has 0 atom stereocenters. The fourth-order valence-corrected chi connectivity index (χ4v) is 1.56. The van der Waals surface area contributed by atoms with Gasteiger partial charge in [-0.25, -0.2) is 9.97 Å². The second-order valence-electron chi connectivity index (χ2n) is 3.66. The normalized spacial score (nSPS) is 9.67. The molecule has 0 bridgehead atoms. The Labute approximate surface area is 113 Å². The summed E-state index contributed by atoms with van der Waals surface area (Å²) in [5.74, 6) is 1.60. The lowest BCUT2D eigenvalue weighted by molar-refractivity contribution is 0.415. The van der Waals surface area contributed by atoms with E-state index in [1.54, 1.807) is 7.11 Å². The van der Waals surface area contributed by atoms with Crippen molar-refractivity contribution in [3.05, 3.63) is 42.5 Å². The lowest BCUT2D eigenvalue weighted by Crippen LogP contribution is -2.06. The van der Waals surface area contributed by atoms with E-state index in [1.807, 2.05) is 36.7 Å². The Kier molecular flexibility index (Phi) is 5.55. The number of nitrogens with zero attached hydrogens (tertiary/aromatic N) is 2. The maximum absolute atomic E-state index is 5.45. The van der Waals surface area contributed by atoms with Crippen molar-refractivity contribution < 1.29 is 4.74 Å². The van der Waals surface area contributed by atoms with E-state index in [-0.39, 0.29) is 12.4 Å². The summed E-state index contributed by atoms with van der Waals surface area (Å²) in [5.41, 5.74) is 7.47. The molecule has 2 rings (SSSR count). The molecular formula is C13H16ClN3O. The molecule has 1 aromatic heterocycles. The van der Waals surface area contributed by atoms with Gasteiger partial charge in [0.05, 0.1) is 7.11 Å². The van der Waals surface area contributed by atoms with Gasteiger partial charge in [-0.3, -0.25) is 0 Å². The van der Waals surface area contributed by atoms with Gasteiger partial charge in [0, 0.05) is 24.4 Å². The molecule has 4 nitrogen and oxygen atoms in total. The third-order valence-electron chi connectivity index (χ3n) is 2.48. The molecule has 0 spiro atoms. The van der Waals surface area contributed by atoms with E-state index in [1.165, 1.54) is 0 Å². The van der Waals surface area contributed by atoms with Crippen LogP contribution in [-0.4, -0.2) is 23.6 Å². The van der Waals surface area contributed by atoms with Gasteiger partial charge in [0.15, 0.2) is 0 Å². The molecule has 0 amide bonds. The molecule has 0 radical (unpaired) electrons. The minimum absolute atomic E-state index is 0. The van der Waals surface area contributed by atoms with E-state index in [2.05, 4.69) is 9.97 Å². The monoisotopic (exact) mass is 265 g/mol. The Morgan fingerprint density at radius 1 is 1.17 bits per heavy atom. The molecule has 1 aromatic carbocycles. The number of aromatic nitrogens is 2. The Hall–Kier alpha value is -1.65. The average molecular weight is 266 g/mol. The molecule has 2 aromatic rings. The largest absolute Gasteiger partial charge is 0.497 e. The van der Waals surface area contributed by atoms with Crippen LogP contribution in [0.1, 0.15) is 5.82 Å². The van der Waals surface area contributed by atoms with Crippen LogP contribution in [0, 0.1) is 0 Å². The number of hydrogen-bond acceptors (Lipinski definition) is 4. The van der Waals surface area contributed by atoms with Gasteiger partial charge in [-0.05, 0) is 24.2 Å². The van der Waals surface area contributed by atoms with Crippen molar-refractivity contribution in [2.45, 2.75) is 6.42 Å². The quantitative estimate of drug-likeness (QED) is 0.919. The van der Waals surface area contributed by atoms with Crippen LogP contribution >= 0.6 is 12.4 Å². The summed E-state index contributed by atoms with van der Waals surface area (Å²) in [6.07, 6.45) is 4.33. The summed E-state index contributed by atoms with van der Waals surface area (Å²) in [5, 5.41) is 0. The standard InChI is InChI=1S/C13H15N3O.ClH/c1-17-12-4-2-3-10(7-12)11-8-15-13(5-6-14)16-9-11;/h2-4,7-9H,5-6,14H2,1H3;1H. The van der Waals surface area contributed by atoms with Gasteiger partial charge in [-0.15, -0.1) is 12.4 Å². The topological polar surface area (TPSA) is 61.0 Å². The zero-order chi connectivity index (χ0) is 12.1. The first kappa shape index (κ1) is 14.4. The van der Waals surface area contributed by atoms with Crippen LogP contribution in [0.25, 0.3) is 11.1 Å². The molecular weight excluding hydrogens is 250 g/mol. The molecule has 5 heteroatoms. The van der Waals surface area contributed by atoms with Crippen LogP contribution in [0.3, 0.4) is 0 Å². The van der Waals surface area contributed by atoms with Crippen LogP contribution in [-0.2, 0) is 6.42 Å². The Morgan fingerprint density at radius 3 is 2.50 bits per heavy atom. The summed E-state index contributed by atoms with van der Waals surface area (Å²) in [6.45, 7) is 0.568. The van der Waals surface area contributed by atoms with Gasteiger partial charge in [-0.1, -0.05) is 12.1 Å². The molecule has 18 heavy (non-hydrogen) atoms. The van der Waals surface area contributed by atoms with Gasteiger partial charge in [0.1, 0.15) is 11.6 Å². The number of rotatable bonds is 4. The SMILES string of the molecule is COc1cccc(-c2cnc(CCN)nc2)c1.Cl. The maximum atomic E-state index is 5.45. The van der Waals surface area contributed by atoms with E-state index in [4.69, 9.17) is 10.5 Å². The first-order chi connectivity index (χ1) is 8.33. The molecule has 2 N–H and O–H groups in total. The van der Waals surface area contributed by atoms with E-state index < -0.39 is 0 Å². The van der Waals surface area contributed by atoms with E-state index in [0.717, 1.165) is 22.7 Å². The predicted molar refractivity (Wildman–Crippen MR) is 74.0 cm³/mol. The van der Waals surface area contributed by atoms with Crippen molar-refractivity contribution in [2.75, 3.05) is 13.7 Å². The van der Waals surface area contributed by atoms with Crippen LogP contribution < -0.4 is 10.5 Å². The fraction of sp³-hybridized carbons (Fsp3) is 0.231. The Morgan fingerprint density at radius 2 is 1.89 bits per heavy atom. The minimum atomic E-state index is 0. The fourth-order valence-electron chi connectivity index (χ4n) is 1.56. The van der Waals surface area contributed by atoms with Crippen molar-refractivity contribution in [1.29, 1.82) is 0 Å². The highest BCUT2D eigenvalue weighted by Crippen LogP contribution is 2.22. The number of halogens is 1. The zero-order valence-corrected chi connectivity index (χ0v) is 11.0. The summed E-state index contributed by atoms with van der Waals surface area (Å²) >= 11 is 0. The molecule has 1 heterocycles. The molecule has 0 saturated heterocycles. The van der Waals surface area contributed by atoms with Crippen LogP contribution in [0.15, 0.2) is 36.7 Å². The molecule has 0 fully saturated rings. The van der Waals surface area contributed by atoms with Crippen molar-refractivity contribution >= 4 is 12.4 Å². The average Bonchev–Trinajstić information content (AvgIpc) is 2.40. The number of nitrogens with two attached hydrogens (primary N) is 1. The van der Waals surface area contributed by atoms with Gasteiger partial charge in [0.2, 0.25) is 0 Å². The Balaban J connectivity index is 0.00000162. The second-order valence-corrected chi connectivity index (χ2v) is 3.66. The van der Waals surface area contributed by atoms with E-state index >= 15 is 0 Å². The molecule has 0 unspecified atom stereocenters. The highest BCUT2D eigenvalue weighted by Gasteiger charge is 2.01. The zero-order valence-electron chi connectivity index (χ0n) is 10.2. The van der Waals surface area contributed by atoms with Gasteiger partial charge in [-0.2, -0.15) is 0 Å². The summed E-state index contributed by atoms with van der Waals surface area (Å²) < 4.78 is 5.18. The highest BCUT2D eigenvalue weighted by atomic mass is 35.5. The van der Waals surface area contributed by atoms with Crippen molar-refractivity contribution in [3.8, 4) is 16.9 Å². The molecule has 0 aliphatic rings. The Bertz CT molecular complexity index is 488. The number of methoxy groups -OCH3 is 1. The number of hydrogen-bond donors (Lipinski definition) is 1. The van der Waals surface area contributed by atoms with Gasteiger partial charge < -0.3 is 10.5 Å².